The van der Waals surface area contributed by atoms with Gasteiger partial charge in [0.1, 0.15) is 11.8 Å². The Balaban J connectivity index is 1.59. The second-order valence-corrected chi connectivity index (χ2v) is 10.2. The lowest BCUT2D eigenvalue weighted by molar-refractivity contribution is -0.143. The van der Waals surface area contributed by atoms with Gasteiger partial charge in [0.15, 0.2) is 6.61 Å². The predicted molar refractivity (Wildman–Crippen MR) is 148 cm³/mol. The van der Waals surface area contributed by atoms with E-state index in [1.54, 1.807) is 29.2 Å². The summed E-state index contributed by atoms with van der Waals surface area (Å²) in [5.41, 5.74) is 3.11. The largest absolute Gasteiger partial charge is 0.484 e. The first-order chi connectivity index (χ1) is 18.0. The number of rotatable bonds is 10. The van der Waals surface area contributed by atoms with Gasteiger partial charge in [0.25, 0.3) is 5.91 Å². The molecule has 0 saturated heterocycles. The first kappa shape index (κ1) is 26.7. The van der Waals surface area contributed by atoms with Crippen molar-refractivity contribution in [3.8, 4) is 5.75 Å². The van der Waals surface area contributed by atoms with Crippen LogP contribution < -0.4 is 10.1 Å². The smallest absolute Gasteiger partial charge is 0.261 e. The van der Waals surface area contributed by atoms with Gasteiger partial charge < -0.3 is 15.0 Å². The fraction of sp³-hybridized carbons (Fsp3) is 0.355. The van der Waals surface area contributed by atoms with Crippen molar-refractivity contribution in [3.63, 3.8) is 0 Å². The van der Waals surface area contributed by atoms with Gasteiger partial charge in [-0.2, -0.15) is 0 Å². The Morgan fingerprint density at radius 2 is 1.59 bits per heavy atom. The van der Waals surface area contributed by atoms with Gasteiger partial charge in [-0.05, 0) is 55.2 Å². The first-order valence-electron chi connectivity index (χ1n) is 13.1. The van der Waals surface area contributed by atoms with E-state index < -0.39 is 6.04 Å². The van der Waals surface area contributed by atoms with Crippen molar-refractivity contribution >= 4 is 23.4 Å². The number of ether oxygens (including phenoxy) is 1. The van der Waals surface area contributed by atoms with Crippen molar-refractivity contribution in [1.82, 2.24) is 10.2 Å². The molecule has 1 atom stereocenters. The van der Waals surface area contributed by atoms with Crippen LogP contribution in [-0.4, -0.2) is 35.4 Å². The molecule has 0 bridgehead atoms. The van der Waals surface area contributed by atoms with Gasteiger partial charge >= 0.3 is 0 Å². The molecular formula is C31H35ClN2O3. The normalized spacial score (nSPS) is 14.5. The molecule has 4 rings (SSSR count). The zero-order valence-electron chi connectivity index (χ0n) is 21.4. The summed E-state index contributed by atoms with van der Waals surface area (Å²) < 4.78 is 5.81. The van der Waals surface area contributed by atoms with Crippen molar-refractivity contribution in [3.05, 3.63) is 101 Å². The standard InChI is InChI=1S/C31H35ClN2O3/c1-23-12-14-25(15-13-23)21-34(30(35)22-37-28-18-16-26(32)17-19-28)29(20-24-8-4-2-5-9-24)31(36)33-27-10-6-3-7-11-27/h2,4-5,8-9,12-19,27,29H,3,6-7,10-11,20-22H2,1H3,(H,33,36). The van der Waals surface area contributed by atoms with Crippen LogP contribution in [0.4, 0.5) is 0 Å². The van der Waals surface area contributed by atoms with Gasteiger partial charge in [-0.1, -0.05) is 91.0 Å². The van der Waals surface area contributed by atoms with Crippen LogP contribution in [0.15, 0.2) is 78.9 Å². The van der Waals surface area contributed by atoms with Crippen LogP contribution in [0.5, 0.6) is 5.75 Å². The number of carbonyl (C=O) groups excluding carboxylic acids is 2. The van der Waals surface area contributed by atoms with Gasteiger partial charge in [-0.15, -0.1) is 0 Å². The van der Waals surface area contributed by atoms with Crippen LogP contribution in [0, 0.1) is 6.92 Å². The summed E-state index contributed by atoms with van der Waals surface area (Å²) in [6.45, 7) is 2.18. The number of amides is 2. The molecule has 1 unspecified atom stereocenters. The van der Waals surface area contributed by atoms with E-state index in [0.717, 1.165) is 42.4 Å². The van der Waals surface area contributed by atoms with E-state index in [4.69, 9.17) is 16.3 Å². The minimum atomic E-state index is -0.660. The molecule has 0 aliphatic heterocycles. The third-order valence-electron chi connectivity index (χ3n) is 6.87. The van der Waals surface area contributed by atoms with Gasteiger partial charge in [0, 0.05) is 24.0 Å². The summed E-state index contributed by atoms with van der Waals surface area (Å²) >= 11 is 5.98. The number of halogens is 1. The van der Waals surface area contributed by atoms with Gasteiger partial charge in [-0.25, -0.2) is 0 Å². The topological polar surface area (TPSA) is 58.6 Å². The van der Waals surface area contributed by atoms with E-state index in [9.17, 15) is 9.59 Å². The van der Waals surface area contributed by atoms with E-state index in [1.165, 1.54) is 6.42 Å². The van der Waals surface area contributed by atoms with Crippen molar-refractivity contribution in [1.29, 1.82) is 0 Å². The lowest BCUT2D eigenvalue weighted by Gasteiger charge is -2.33. The van der Waals surface area contributed by atoms with Crippen molar-refractivity contribution in [2.24, 2.45) is 0 Å². The fourth-order valence-electron chi connectivity index (χ4n) is 4.75. The SMILES string of the molecule is Cc1ccc(CN(C(=O)COc2ccc(Cl)cc2)C(Cc2ccccc2)C(=O)NC2CCCCC2)cc1. The molecule has 1 aliphatic carbocycles. The number of benzene rings is 3. The monoisotopic (exact) mass is 518 g/mol. The maximum Gasteiger partial charge on any atom is 0.261 e. The molecule has 0 spiro atoms. The molecule has 1 aliphatic rings. The van der Waals surface area contributed by atoms with Crippen molar-refractivity contribution < 1.29 is 14.3 Å². The molecule has 1 saturated carbocycles. The van der Waals surface area contributed by atoms with E-state index in [2.05, 4.69) is 5.32 Å². The van der Waals surface area contributed by atoms with Crippen molar-refractivity contribution in [2.45, 2.75) is 64.1 Å². The van der Waals surface area contributed by atoms with E-state index in [1.807, 2.05) is 61.5 Å². The zero-order chi connectivity index (χ0) is 26.0. The molecule has 5 nitrogen and oxygen atoms in total. The highest BCUT2D eigenvalue weighted by atomic mass is 35.5. The van der Waals surface area contributed by atoms with Gasteiger partial charge in [0.2, 0.25) is 5.91 Å². The summed E-state index contributed by atoms with van der Waals surface area (Å²) in [6.07, 6.45) is 5.84. The minimum Gasteiger partial charge on any atom is -0.484 e. The predicted octanol–water partition coefficient (Wildman–Crippen LogP) is 6.12. The fourth-order valence-corrected chi connectivity index (χ4v) is 4.87. The molecule has 1 N–H and O–H groups in total. The Morgan fingerprint density at radius 1 is 0.919 bits per heavy atom. The molecule has 0 aromatic heterocycles. The summed E-state index contributed by atoms with van der Waals surface area (Å²) in [5, 5.41) is 3.86. The van der Waals surface area contributed by atoms with Crippen LogP contribution in [0.2, 0.25) is 5.02 Å². The number of hydrogen-bond acceptors (Lipinski definition) is 3. The number of hydrogen-bond donors (Lipinski definition) is 1. The van der Waals surface area contributed by atoms with E-state index >= 15 is 0 Å². The van der Waals surface area contributed by atoms with Gasteiger partial charge in [0.05, 0.1) is 0 Å². The van der Waals surface area contributed by atoms with Crippen LogP contribution in [0.25, 0.3) is 0 Å². The molecule has 3 aromatic carbocycles. The Kier molecular flexibility index (Phi) is 9.61. The molecule has 1 fully saturated rings. The molecule has 194 valence electrons. The van der Waals surface area contributed by atoms with E-state index in [0.29, 0.717) is 23.7 Å². The first-order valence-corrected chi connectivity index (χ1v) is 13.4. The average molecular weight is 519 g/mol. The van der Waals surface area contributed by atoms with Crippen LogP contribution in [0.1, 0.15) is 48.8 Å². The molecule has 6 heteroatoms. The number of nitrogens with zero attached hydrogens (tertiary/aromatic N) is 1. The Hall–Kier alpha value is -3.31. The number of carbonyl (C=O) groups is 2. The summed E-state index contributed by atoms with van der Waals surface area (Å²) in [7, 11) is 0. The maximum absolute atomic E-state index is 13.8. The molecule has 0 heterocycles. The zero-order valence-corrected chi connectivity index (χ0v) is 22.1. The van der Waals surface area contributed by atoms with E-state index in [-0.39, 0.29) is 24.5 Å². The quantitative estimate of drug-likeness (QED) is 0.352. The second kappa shape index (κ2) is 13.3. The number of aryl methyl sites for hydroxylation is 1. The van der Waals surface area contributed by atoms with Crippen LogP contribution in [0.3, 0.4) is 0 Å². The highest BCUT2D eigenvalue weighted by Crippen LogP contribution is 2.21. The Bertz CT molecular complexity index is 1140. The third-order valence-corrected chi connectivity index (χ3v) is 7.12. The lowest BCUT2D eigenvalue weighted by atomic mass is 9.94. The third kappa shape index (κ3) is 8.09. The molecule has 0 radical (unpaired) electrons. The Labute approximate surface area is 224 Å². The molecule has 2 amide bonds. The maximum atomic E-state index is 13.8. The van der Waals surface area contributed by atoms with Gasteiger partial charge in [-0.3, -0.25) is 9.59 Å². The summed E-state index contributed by atoms with van der Waals surface area (Å²) in [6, 6.07) is 24.3. The molecule has 37 heavy (non-hydrogen) atoms. The Morgan fingerprint density at radius 3 is 2.27 bits per heavy atom. The van der Waals surface area contributed by atoms with Crippen LogP contribution >= 0.6 is 11.6 Å². The highest BCUT2D eigenvalue weighted by Gasteiger charge is 2.32. The average Bonchev–Trinajstić information content (AvgIpc) is 2.92. The summed E-state index contributed by atoms with van der Waals surface area (Å²) in [5.74, 6) is 0.206. The number of nitrogens with one attached hydrogen (secondary N) is 1. The minimum absolute atomic E-state index is 0.109. The van der Waals surface area contributed by atoms with Crippen molar-refractivity contribution in [2.75, 3.05) is 6.61 Å². The van der Waals surface area contributed by atoms with Crippen LogP contribution in [-0.2, 0) is 22.6 Å². The second-order valence-electron chi connectivity index (χ2n) is 9.80. The highest BCUT2D eigenvalue weighted by molar-refractivity contribution is 6.30. The summed E-state index contributed by atoms with van der Waals surface area (Å²) in [4.78, 5) is 29.1. The molecule has 3 aromatic rings. The lowest BCUT2D eigenvalue weighted by Crippen LogP contribution is -2.53. The molecular weight excluding hydrogens is 484 g/mol.